The summed E-state index contributed by atoms with van der Waals surface area (Å²) in [5.74, 6) is 0.412. The van der Waals surface area contributed by atoms with Gasteiger partial charge in [0, 0.05) is 37.3 Å². The van der Waals surface area contributed by atoms with Gasteiger partial charge in [0.2, 0.25) is 11.9 Å². The van der Waals surface area contributed by atoms with E-state index in [0.29, 0.717) is 16.7 Å². The minimum atomic E-state index is -0.370. The van der Waals surface area contributed by atoms with Crippen LogP contribution in [0.3, 0.4) is 0 Å². The molecule has 1 amide bonds. The molecule has 2 aromatic rings. The van der Waals surface area contributed by atoms with Crippen LogP contribution in [0.1, 0.15) is 24.2 Å². The second kappa shape index (κ2) is 8.54. The quantitative estimate of drug-likeness (QED) is 0.811. The van der Waals surface area contributed by atoms with E-state index in [1.807, 2.05) is 19.1 Å². The molecule has 3 rings (SSSR count). The van der Waals surface area contributed by atoms with Gasteiger partial charge in [-0.05, 0) is 31.7 Å². The van der Waals surface area contributed by atoms with Crippen molar-refractivity contribution in [1.82, 2.24) is 20.2 Å². The maximum Gasteiger partial charge on any atom is 0.252 e. The van der Waals surface area contributed by atoms with Crippen molar-refractivity contribution in [3.8, 4) is 0 Å². The summed E-state index contributed by atoms with van der Waals surface area (Å²) in [5.41, 5.74) is 1.17. The third kappa shape index (κ3) is 5.30. The number of carbonyl (C=O) groups is 1. The number of hydrogen-bond acceptors (Lipinski definition) is 5. The van der Waals surface area contributed by atoms with Gasteiger partial charge in [-0.2, -0.15) is 0 Å². The van der Waals surface area contributed by atoms with Crippen LogP contribution >= 0.6 is 11.6 Å². The molecule has 2 N–H and O–H groups in total. The van der Waals surface area contributed by atoms with Crippen molar-refractivity contribution in [1.29, 1.82) is 0 Å². The number of hydrogen-bond donors (Lipinski definition) is 2. The monoisotopic (exact) mass is 389 g/mol. The fraction of sp³-hybridized carbons (Fsp3) is 0.421. The molecule has 0 unspecified atom stereocenters. The molecule has 1 aliphatic rings. The SMILES string of the molecule is C[C@@H](NC(=O)Cc1cccc(Cl)c1)c1cc(=O)[nH]c(N2CCN(C)CC2)n1. The number of amides is 1. The lowest BCUT2D eigenvalue weighted by Crippen LogP contribution is -2.45. The zero-order valence-electron chi connectivity index (χ0n) is 15.5. The molecule has 8 heteroatoms. The van der Waals surface area contributed by atoms with Gasteiger partial charge in [-0.25, -0.2) is 4.98 Å². The Bertz CT molecular complexity index is 861. The fourth-order valence-electron chi connectivity index (χ4n) is 3.05. The van der Waals surface area contributed by atoms with Gasteiger partial charge >= 0.3 is 0 Å². The summed E-state index contributed by atoms with van der Waals surface area (Å²) in [6, 6.07) is 8.27. The van der Waals surface area contributed by atoms with Gasteiger partial charge < -0.3 is 15.1 Å². The summed E-state index contributed by atoms with van der Waals surface area (Å²) < 4.78 is 0. The number of halogens is 1. The summed E-state index contributed by atoms with van der Waals surface area (Å²) in [6.45, 7) is 5.27. The van der Waals surface area contributed by atoms with Crippen LogP contribution in [0.25, 0.3) is 0 Å². The standard InChI is InChI=1S/C19H24ClN5O2/c1-13(21-17(26)11-14-4-3-5-15(20)10-14)16-12-18(27)23-19(22-16)25-8-6-24(2)7-9-25/h3-5,10,12-13H,6-9,11H2,1-2H3,(H,21,26)(H,22,23,27)/t13-/m1/s1. The van der Waals surface area contributed by atoms with Crippen LogP contribution in [0, 0.1) is 0 Å². The molecule has 1 saturated heterocycles. The number of nitrogens with zero attached hydrogens (tertiary/aromatic N) is 3. The molecular formula is C19H24ClN5O2. The molecule has 144 valence electrons. The van der Waals surface area contributed by atoms with E-state index in [-0.39, 0.29) is 23.9 Å². The molecule has 2 heterocycles. The average Bonchev–Trinajstić information content (AvgIpc) is 2.61. The van der Waals surface area contributed by atoms with Gasteiger partial charge in [-0.1, -0.05) is 23.7 Å². The molecule has 7 nitrogen and oxygen atoms in total. The number of carbonyl (C=O) groups excluding carboxylic acids is 1. The summed E-state index contributed by atoms with van der Waals surface area (Å²) >= 11 is 5.96. The highest BCUT2D eigenvalue weighted by molar-refractivity contribution is 6.30. The lowest BCUT2D eigenvalue weighted by Gasteiger charge is -2.32. The van der Waals surface area contributed by atoms with E-state index in [1.165, 1.54) is 6.07 Å². The maximum atomic E-state index is 12.3. The van der Waals surface area contributed by atoms with Gasteiger partial charge in [-0.3, -0.25) is 14.6 Å². The van der Waals surface area contributed by atoms with Gasteiger partial charge in [0.25, 0.3) is 5.56 Å². The summed E-state index contributed by atoms with van der Waals surface area (Å²) in [4.78, 5) is 36.1. The molecule has 0 spiro atoms. The lowest BCUT2D eigenvalue weighted by atomic mass is 10.1. The zero-order valence-corrected chi connectivity index (χ0v) is 16.3. The van der Waals surface area contributed by atoms with Crippen LogP contribution in [0.5, 0.6) is 0 Å². The zero-order chi connectivity index (χ0) is 19.4. The molecule has 1 aliphatic heterocycles. The largest absolute Gasteiger partial charge is 0.348 e. The molecule has 0 radical (unpaired) electrons. The Morgan fingerprint density at radius 2 is 2.04 bits per heavy atom. The number of nitrogens with one attached hydrogen (secondary N) is 2. The molecular weight excluding hydrogens is 366 g/mol. The first kappa shape index (κ1) is 19.4. The third-order valence-corrected chi connectivity index (χ3v) is 4.86. The first-order valence-corrected chi connectivity index (χ1v) is 9.37. The van der Waals surface area contributed by atoms with Crippen molar-refractivity contribution in [2.75, 3.05) is 38.1 Å². The highest BCUT2D eigenvalue weighted by atomic mass is 35.5. The number of anilines is 1. The van der Waals surface area contributed by atoms with Crippen molar-refractivity contribution in [2.45, 2.75) is 19.4 Å². The minimum absolute atomic E-state index is 0.145. The normalized spacial score (nSPS) is 16.2. The fourth-order valence-corrected chi connectivity index (χ4v) is 3.26. The number of aromatic nitrogens is 2. The first-order chi connectivity index (χ1) is 12.9. The summed E-state index contributed by atoms with van der Waals surface area (Å²) in [6.07, 6.45) is 0.222. The third-order valence-electron chi connectivity index (χ3n) is 4.63. The lowest BCUT2D eigenvalue weighted by molar-refractivity contribution is -0.121. The molecule has 1 atom stereocenters. The topological polar surface area (TPSA) is 81.3 Å². The van der Waals surface area contributed by atoms with E-state index in [2.05, 4.69) is 32.1 Å². The van der Waals surface area contributed by atoms with Gasteiger partial charge in [0.1, 0.15) is 0 Å². The Balaban J connectivity index is 1.68. The van der Waals surface area contributed by atoms with E-state index in [9.17, 15) is 9.59 Å². The highest BCUT2D eigenvalue weighted by Gasteiger charge is 2.19. The van der Waals surface area contributed by atoms with E-state index in [0.717, 1.165) is 31.7 Å². The van der Waals surface area contributed by atoms with E-state index >= 15 is 0 Å². The minimum Gasteiger partial charge on any atom is -0.348 e. The van der Waals surface area contributed by atoms with Crippen molar-refractivity contribution in [2.24, 2.45) is 0 Å². The molecule has 0 aliphatic carbocycles. The van der Waals surface area contributed by atoms with E-state index < -0.39 is 0 Å². The van der Waals surface area contributed by atoms with Gasteiger partial charge in [-0.15, -0.1) is 0 Å². The number of rotatable bonds is 5. The number of benzene rings is 1. The Morgan fingerprint density at radius 1 is 1.30 bits per heavy atom. The van der Waals surface area contributed by atoms with Crippen LogP contribution in [0.2, 0.25) is 5.02 Å². The highest BCUT2D eigenvalue weighted by Crippen LogP contribution is 2.15. The van der Waals surface area contributed by atoms with Crippen molar-refractivity contribution < 1.29 is 4.79 Å². The molecule has 0 saturated carbocycles. The van der Waals surface area contributed by atoms with Gasteiger partial charge in [0.15, 0.2) is 0 Å². The van der Waals surface area contributed by atoms with Gasteiger partial charge in [0.05, 0.1) is 18.2 Å². The maximum absolute atomic E-state index is 12.3. The smallest absolute Gasteiger partial charge is 0.252 e. The molecule has 27 heavy (non-hydrogen) atoms. The number of H-pyrrole nitrogens is 1. The van der Waals surface area contributed by atoms with Crippen molar-refractivity contribution in [3.05, 3.63) is 57.0 Å². The van der Waals surface area contributed by atoms with Crippen LogP contribution in [0.15, 0.2) is 35.1 Å². The molecule has 0 bridgehead atoms. The summed E-state index contributed by atoms with van der Waals surface area (Å²) in [5, 5.41) is 3.50. The number of aromatic amines is 1. The average molecular weight is 390 g/mol. The Morgan fingerprint density at radius 3 is 2.74 bits per heavy atom. The van der Waals surface area contributed by atoms with E-state index in [1.54, 1.807) is 12.1 Å². The Hall–Kier alpha value is -2.38. The first-order valence-electron chi connectivity index (χ1n) is 8.99. The van der Waals surface area contributed by atoms with Crippen LogP contribution in [0.4, 0.5) is 5.95 Å². The Labute approximate surface area is 163 Å². The summed E-state index contributed by atoms with van der Waals surface area (Å²) in [7, 11) is 2.07. The predicted molar refractivity (Wildman–Crippen MR) is 106 cm³/mol. The molecule has 1 aromatic carbocycles. The van der Waals surface area contributed by atoms with Crippen LogP contribution in [-0.2, 0) is 11.2 Å². The number of piperazine rings is 1. The Kier molecular flexibility index (Phi) is 6.13. The van der Waals surface area contributed by atoms with Crippen LogP contribution in [-0.4, -0.2) is 54.0 Å². The van der Waals surface area contributed by atoms with Crippen molar-refractivity contribution in [3.63, 3.8) is 0 Å². The number of likely N-dealkylation sites (N-methyl/N-ethyl adjacent to an activating group) is 1. The molecule has 1 fully saturated rings. The van der Waals surface area contributed by atoms with Crippen LogP contribution < -0.4 is 15.8 Å². The predicted octanol–water partition coefficient (Wildman–Crippen LogP) is 1.59. The second-order valence-corrected chi connectivity index (χ2v) is 7.32. The van der Waals surface area contributed by atoms with E-state index in [4.69, 9.17) is 11.6 Å². The second-order valence-electron chi connectivity index (χ2n) is 6.88. The molecule has 1 aromatic heterocycles. The van der Waals surface area contributed by atoms with Crippen molar-refractivity contribution >= 4 is 23.5 Å².